The van der Waals surface area contributed by atoms with Crippen molar-refractivity contribution in [1.82, 2.24) is 9.97 Å². The van der Waals surface area contributed by atoms with E-state index in [1.54, 1.807) is 6.20 Å². The standard InChI is InChI=1S/C12H21ClN4/c1-4-9(5-2)8-17(6-3)11-10(13)7-15-12(14)16-11/h7,9H,4-6,8H2,1-3H3,(H2,14,15,16). The molecule has 0 aromatic carbocycles. The summed E-state index contributed by atoms with van der Waals surface area (Å²) in [6.45, 7) is 8.33. The summed E-state index contributed by atoms with van der Waals surface area (Å²) in [4.78, 5) is 10.3. The van der Waals surface area contributed by atoms with Gasteiger partial charge in [-0.2, -0.15) is 4.98 Å². The zero-order valence-electron chi connectivity index (χ0n) is 10.8. The largest absolute Gasteiger partial charge is 0.368 e. The van der Waals surface area contributed by atoms with E-state index in [0.29, 0.717) is 10.9 Å². The quantitative estimate of drug-likeness (QED) is 0.850. The maximum Gasteiger partial charge on any atom is 0.222 e. The SMILES string of the molecule is CCC(CC)CN(CC)c1nc(N)ncc1Cl. The highest BCUT2D eigenvalue weighted by molar-refractivity contribution is 6.32. The zero-order chi connectivity index (χ0) is 12.8. The summed E-state index contributed by atoms with van der Waals surface area (Å²) < 4.78 is 0. The predicted octanol–water partition coefficient (Wildman–Crippen LogP) is 2.97. The predicted molar refractivity (Wildman–Crippen MR) is 73.4 cm³/mol. The van der Waals surface area contributed by atoms with Gasteiger partial charge in [-0.1, -0.05) is 38.3 Å². The van der Waals surface area contributed by atoms with E-state index in [9.17, 15) is 0 Å². The average molecular weight is 257 g/mol. The third-order valence-corrected chi connectivity index (χ3v) is 3.33. The molecule has 1 aromatic heterocycles. The summed E-state index contributed by atoms with van der Waals surface area (Å²) in [5.41, 5.74) is 5.61. The van der Waals surface area contributed by atoms with Crippen LogP contribution in [0.15, 0.2) is 6.20 Å². The second-order valence-corrected chi connectivity index (χ2v) is 4.53. The van der Waals surface area contributed by atoms with E-state index in [0.717, 1.165) is 31.7 Å². The highest BCUT2D eigenvalue weighted by Crippen LogP contribution is 2.24. The molecular weight excluding hydrogens is 236 g/mol. The van der Waals surface area contributed by atoms with Gasteiger partial charge in [0, 0.05) is 13.1 Å². The minimum atomic E-state index is 0.271. The number of nitrogens with two attached hydrogens (primary N) is 1. The highest BCUT2D eigenvalue weighted by Gasteiger charge is 2.15. The van der Waals surface area contributed by atoms with Gasteiger partial charge in [0.15, 0.2) is 5.82 Å². The fourth-order valence-corrected chi connectivity index (χ4v) is 2.03. The number of nitrogen functional groups attached to an aromatic ring is 1. The first kappa shape index (κ1) is 14.0. The summed E-state index contributed by atoms with van der Waals surface area (Å²) in [6, 6.07) is 0. The first-order valence-corrected chi connectivity index (χ1v) is 6.53. The Labute approximate surface area is 108 Å². The third kappa shape index (κ3) is 3.73. The molecule has 2 N–H and O–H groups in total. The van der Waals surface area contributed by atoms with E-state index in [1.807, 2.05) is 0 Å². The molecule has 0 atom stereocenters. The van der Waals surface area contributed by atoms with Gasteiger partial charge in [0.05, 0.1) is 6.20 Å². The van der Waals surface area contributed by atoms with Crippen molar-refractivity contribution in [2.45, 2.75) is 33.6 Å². The fraction of sp³-hybridized carbons (Fsp3) is 0.667. The summed E-state index contributed by atoms with van der Waals surface area (Å²) in [5.74, 6) is 1.67. The molecule has 0 saturated heterocycles. The van der Waals surface area contributed by atoms with Crippen molar-refractivity contribution in [3.05, 3.63) is 11.2 Å². The Balaban J connectivity index is 2.89. The van der Waals surface area contributed by atoms with Crippen LogP contribution in [-0.2, 0) is 0 Å². The van der Waals surface area contributed by atoms with Gasteiger partial charge < -0.3 is 10.6 Å². The van der Waals surface area contributed by atoms with Gasteiger partial charge in [-0.25, -0.2) is 4.98 Å². The van der Waals surface area contributed by atoms with E-state index in [2.05, 4.69) is 35.6 Å². The van der Waals surface area contributed by atoms with Crippen molar-refractivity contribution < 1.29 is 0 Å². The third-order valence-electron chi connectivity index (χ3n) is 3.06. The minimum absolute atomic E-state index is 0.271. The topological polar surface area (TPSA) is 55.0 Å². The normalized spacial score (nSPS) is 10.9. The van der Waals surface area contributed by atoms with Crippen molar-refractivity contribution in [2.24, 2.45) is 5.92 Å². The molecule has 1 rings (SSSR count). The van der Waals surface area contributed by atoms with Gasteiger partial charge in [0.25, 0.3) is 0 Å². The molecule has 0 saturated carbocycles. The molecule has 1 heterocycles. The van der Waals surface area contributed by atoms with Crippen LogP contribution in [0.25, 0.3) is 0 Å². The first-order valence-electron chi connectivity index (χ1n) is 6.15. The molecule has 0 aliphatic rings. The van der Waals surface area contributed by atoms with Crippen LogP contribution in [0.1, 0.15) is 33.6 Å². The lowest BCUT2D eigenvalue weighted by Gasteiger charge is -2.27. The Morgan fingerprint density at radius 2 is 2.00 bits per heavy atom. The molecule has 0 unspecified atom stereocenters. The Bertz CT molecular complexity index is 352. The molecule has 0 spiro atoms. The van der Waals surface area contributed by atoms with Gasteiger partial charge in [0.2, 0.25) is 5.95 Å². The molecule has 0 amide bonds. The zero-order valence-corrected chi connectivity index (χ0v) is 11.5. The van der Waals surface area contributed by atoms with E-state index >= 15 is 0 Å². The monoisotopic (exact) mass is 256 g/mol. The molecule has 0 radical (unpaired) electrons. The van der Waals surface area contributed by atoms with Crippen LogP contribution in [0.4, 0.5) is 11.8 Å². The van der Waals surface area contributed by atoms with E-state index in [1.165, 1.54) is 0 Å². The molecule has 0 bridgehead atoms. The fourth-order valence-electron chi connectivity index (χ4n) is 1.82. The Hall–Kier alpha value is -1.03. The molecule has 0 fully saturated rings. The van der Waals surface area contributed by atoms with E-state index in [4.69, 9.17) is 17.3 Å². The summed E-state index contributed by atoms with van der Waals surface area (Å²) in [7, 11) is 0. The number of nitrogens with zero attached hydrogens (tertiary/aromatic N) is 3. The molecule has 96 valence electrons. The maximum absolute atomic E-state index is 6.12. The smallest absolute Gasteiger partial charge is 0.222 e. The molecule has 4 nitrogen and oxygen atoms in total. The Morgan fingerprint density at radius 3 is 2.53 bits per heavy atom. The Kier molecular flexibility index (Phi) is 5.48. The van der Waals surface area contributed by atoms with Crippen LogP contribution >= 0.6 is 11.6 Å². The second-order valence-electron chi connectivity index (χ2n) is 4.12. The summed E-state index contributed by atoms with van der Waals surface area (Å²) in [6.07, 6.45) is 3.88. The lowest BCUT2D eigenvalue weighted by molar-refractivity contribution is 0.484. The van der Waals surface area contributed by atoms with Crippen LogP contribution in [-0.4, -0.2) is 23.1 Å². The molecular formula is C12H21ClN4. The van der Waals surface area contributed by atoms with E-state index in [-0.39, 0.29) is 5.95 Å². The van der Waals surface area contributed by atoms with Crippen LogP contribution in [0.5, 0.6) is 0 Å². The van der Waals surface area contributed by atoms with Gasteiger partial charge in [0.1, 0.15) is 5.02 Å². The molecule has 1 aromatic rings. The van der Waals surface area contributed by atoms with Gasteiger partial charge in [-0.15, -0.1) is 0 Å². The number of anilines is 2. The van der Waals surface area contributed by atoms with Gasteiger partial charge in [-0.05, 0) is 12.8 Å². The van der Waals surface area contributed by atoms with Gasteiger partial charge >= 0.3 is 0 Å². The lowest BCUT2D eigenvalue weighted by Crippen LogP contribution is -2.30. The van der Waals surface area contributed by atoms with Crippen LogP contribution in [0, 0.1) is 5.92 Å². The van der Waals surface area contributed by atoms with Crippen LogP contribution < -0.4 is 10.6 Å². The molecule has 0 aliphatic heterocycles. The van der Waals surface area contributed by atoms with E-state index < -0.39 is 0 Å². The maximum atomic E-state index is 6.12. The van der Waals surface area contributed by atoms with Crippen molar-refractivity contribution >= 4 is 23.4 Å². The van der Waals surface area contributed by atoms with Gasteiger partial charge in [-0.3, -0.25) is 0 Å². The molecule has 0 aliphatic carbocycles. The number of halogens is 1. The summed E-state index contributed by atoms with van der Waals surface area (Å²) >= 11 is 6.12. The molecule has 5 heteroatoms. The van der Waals surface area contributed by atoms with Crippen molar-refractivity contribution in [3.63, 3.8) is 0 Å². The van der Waals surface area contributed by atoms with Crippen LogP contribution in [0.2, 0.25) is 5.02 Å². The van der Waals surface area contributed by atoms with Crippen molar-refractivity contribution in [3.8, 4) is 0 Å². The number of hydrogen-bond acceptors (Lipinski definition) is 4. The minimum Gasteiger partial charge on any atom is -0.368 e. The number of hydrogen-bond donors (Lipinski definition) is 1. The van der Waals surface area contributed by atoms with Crippen LogP contribution in [0.3, 0.4) is 0 Å². The van der Waals surface area contributed by atoms with Crippen molar-refractivity contribution in [1.29, 1.82) is 0 Å². The van der Waals surface area contributed by atoms with Crippen molar-refractivity contribution in [2.75, 3.05) is 23.7 Å². The summed E-state index contributed by atoms with van der Waals surface area (Å²) in [5, 5.41) is 0.562. The molecule has 17 heavy (non-hydrogen) atoms. The number of aromatic nitrogens is 2. The Morgan fingerprint density at radius 1 is 1.35 bits per heavy atom. The lowest BCUT2D eigenvalue weighted by atomic mass is 10.0. The number of rotatable bonds is 6. The second kappa shape index (κ2) is 6.64. The first-order chi connectivity index (χ1) is 8.12. The average Bonchev–Trinajstić information content (AvgIpc) is 2.34. The highest BCUT2D eigenvalue weighted by atomic mass is 35.5.